The smallest absolute Gasteiger partial charge is 0.273 e. The van der Waals surface area contributed by atoms with Crippen LogP contribution >= 0.6 is 0 Å². The van der Waals surface area contributed by atoms with E-state index in [0.29, 0.717) is 5.56 Å². The van der Waals surface area contributed by atoms with Gasteiger partial charge in [0.15, 0.2) is 0 Å². The second-order valence-electron chi connectivity index (χ2n) is 3.60. The van der Waals surface area contributed by atoms with E-state index in [2.05, 4.69) is 4.72 Å². The molecule has 0 radical (unpaired) electrons. The van der Waals surface area contributed by atoms with Crippen molar-refractivity contribution >= 4 is 15.7 Å². The Hall–Kier alpha value is -1.51. The van der Waals surface area contributed by atoms with E-state index < -0.39 is 14.9 Å². The summed E-state index contributed by atoms with van der Waals surface area (Å²) in [5, 5.41) is 10.7. The Bertz CT molecular complexity index is 541. The van der Waals surface area contributed by atoms with Crippen molar-refractivity contribution in [3.05, 3.63) is 33.9 Å². The number of sulfonamides is 1. The quantitative estimate of drug-likeness (QED) is 0.470. The van der Waals surface area contributed by atoms with E-state index in [4.69, 9.17) is 4.74 Å². The SMILES string of the molecule is COCCNS(=O)(=O)c1ccc(C)c([N+](=O)[O-])c1. The highest BCUT2D eigenvalue weighted by Crippen LogP contribution is 2.21. The zero-order valence-corrected chi connectivity index (χ0v) is 10.9. The molecule has 18 heavy (non-hydrogen) atoms. The van der Waals surface area contributed by atoms with Crippen LogP contribution in [0.4, 0.5) is 5.69 Å². The third-order valence-electron chi connectivity index (χ3n) is 2.29. The van der Waals surface area contributed by atoms with E-state index >= 15 is 0 Å². The molecular formula is C10H14N2O5S. The minimum absolute atomic E-state index is 0.112. The summed E-state index contributed by atoms with van der Waals surface area (Å²) in [6, 6.07) is 3.78. The lowest BCUT2D eigenvalue weighted by Gasteiger charge is -2.06. The zero-order chi connectivity index (χ0) is 13.8. The predicted octanol–water partition coefficient (Wildman–Crippen LogP) is 0.828. The number of methoxy groups -OCH3 is 1. The second-order valence-corrected chi connectivity index (χ2v) is 5.36. The number of nitro benzene ring substituents is 1. The van der Waals surface area contributed by atoms with Gasteiger partial charge in [0.05, 0.1) is 16.4 Å². The standard InChI is InChI=1S/C10H14N2O5S/c1-8-3-4-9(7-10(8)12(13)14)18(15,16)11-5-6-17-2/h3-4,7,11H,5-6H2,1-2H3. The molecule has 0 spiro atoms. The van der Waals surface area contributed by atoms with Crippen LogP contribution in [0, 0.1) is 17.0 Å². The first-order valence-corrected chi connectivity index (χ1v) is 6.60. The fraction of sp³-hybridized carbons (Fsp3) is 0.400. The predicted molar refractivity (Wildman–Crippen MR) is 64.9 cm³/mol. The Kier molecular flexibility index (Phi) is 4.76. The molecule has 7 nitrogen and oxygen atoms in total. The zero-order valence-electron chi connectivity index (χ0n) is 10.0. The third-order valence-corrected chi connectivity index (χ3v) is 3.74. The summed E-state index contributed by atoms with van der Waals surface area (Å²) in [5.41, 5.74) is 0.195. The molecule has 100 valence electrons. The number of nitrogens with one attached hydrogen (secondary N) is 1. The molecule has 8 heteroatoms. The van der Waals surface area contributed by atoms with E-state index in [1.165, 1.54) is 19.2 Å². The van der Waals surface area contributed by atoms with Crippen molar-refractivity contribution in [2.75, 3.05) is 20.3 Å². The molecule has 0 saturated heterocycles. The average molecular weight is 274 g/mol. The van der Waals surface area contributed by atoms with Gasteiger partial charge in [0.1, 0.15) is 0 Å². The normalized spacial score (nSPS) is 11.4. The highest BCUT2D eigenvalue weighted by Gasteiger charge is 2.19. The van der Waals surface area contributed by atoms with Gasteiger partial charge in [0.25, 0.3) is 5.69 Å². The minimum Gasteiger partial charge on any atom is -0.383 e. The molecule has 0 fully saturated rings. The molecule has 0 heterocycles. The van der Waals surface area contributed by atoms with Crippen LogP contribution in [-0.4, -0.2) is 33.6 Å². The molecule has 0 aliphatic carbocycles. The van der Waals surface area contributed by atoms with E-state index in [1.54, 1.807) is 6.92 Å². The maximum atomic E-state index is 11.8. The van der Waals surface area contributed by atoms with Gasteiger partial charge in [0, 0.05) is 25.3 Å². The number of nitrogens with zero attached hydrogens (tertiary/aromatic N) is 1. The lowest BCUT2D eigenvalue weighted by Crippen LogP contribution is -2.27. The van der Waals surface area contributed by atoms with Crippen LogP contribution in [0.2, 0.25) is 0 Å². The summed E-state index contributed by atoms with van der Waals surface area (Å²) in [6.07, 6.45) is 0. The fourth-order valence-corrected chi connectivity index (χ4v) is 2.35. The largest absolute Gasteiger partial charge is 0.383 e. The van der Waals surface area contributed by atoms with Crippen LogP contribution in [0.3, 0.4) is 0 Å². The van der Waals surface area contributed by atoms with Gasteiger partial charge in [-0.3, -0.25) is 10.1 Å². The summed E-state index contributed by atoms with van der Waals surface area (Å²) in [7, 11) is -2.29. The lowest BCUT2D eigenvalue weighted by atomic mass is 10.2. The van der Waals surface area contributed by atoms with Crippen LogP contribution in [-0.2, 0) is 14.8 Å². The van der Waals surface area contributed by atoms with Gasteiger partial charge in [-0.25, -0.2) is 13.1 Å². The van der Waals surface area contributed by atoms with Crippen molar-refractivity contribution < 1.29 is 18.1 Å². The number of rotatable bonds is 6. The van der Waals surface area contributed by atoms with Crippen molar-refractivity contribution in [1.29, 1.82) is 0 Å². The van der Waals surface area contributed by atoms with Crippen LogP contribution in [0.25, 0.3) is 0 Å². The van der Waals surface area contributed by atoms with E-state index in [0.717, 1.165) is 6.07 Å². The molecule has 1 rings (SSSR count). The summed E-state index contributed by atoms with van der Waals surface area (Å²) < 4.78 is 30.6. The summed E-state index contributed by atoms with van der Waals surface area (Å²) >= 11 is 0. The fourth-order valence-electron chi connectivity index (χ4n) is 1.31. The van der Waals surface area contributed by atoms with Gasteiger partial charge in [-0.1, -0.05) is 6.07 Å². The molecule has 0 aliphatic heterocycles. The van der Waals surface area contributed by atoms with Crippen molar-refractivity contribution in [2.45, 2.75) is 11.8 Å². The summed E-state index contributed by atoms with van der Waals surface area (Å²) in [4.78, 5) is 10.00. The Morgan fingerprint density at radius 3 is 2.67 bits per heavy atom. The van der Waals surface area contributed by atoms with Gasteiger partial charge in [-0.15, -0.1) is 0 Å². The molecule has 1 aromatic carbocycles. The number of benzene rings is 1. The second kappa shape index (κ2) is 5.89. The molecule has 0 atom stereocenters. The van der Waals surface area contributed by atoms with Crippen LogP contribution in [0.5, 0.6) is 0 Å². The van der Waals surface area contributed by atoms with Gasteiger partial charge in [-0.2, -0.15) is 0 Å². The van der Waals surface area contributed by atoms with Gasteiger partial charge in [0.2, 0.25) is 10.0 Å². The monoisotopic (exact) mass is 274 g/mol. The molecule has 0 aliphatic rings. The Balaban J connectivity index is 3.02. The van der Waals surface area contributed by atoms with Crippen molar-refractivity contribution in [3.63, 3.8) is 0 Å². The van der Waals surface area contributed by atoms with Crippen LogP contribution < -0.4 is 4.72 Å². The van der Waals surface area contributed by atoms with E-state index in [-0.39, 0.29) is 23.7 Å². The Labute approximate surface area is 105 Å². The lowest BCUT2D eigenvalue weighted by molar-refractivity contribution is -0.385. The molecule has 0 unspecified atom stereocenters. The van der Waals surface area contributed by atoms with Crippen LogP contribution in [0.1, 0.15) is 5.56 Å². The van der Waals surface area contributed by atoms with Crippen molar-refractivity contribution in [1.82, 2.24) is 4.72 Å². The number of nitro groups is 1. The van der Waals surface area contributed by atoms with Crippen LogP contribution in [0.15, 0.2) is 23.1 Å². The first-order valence-electron chi connectivity index (χ1n) is 5.12. The van der Waals surface area contributed by atoms with Gasteiger partial charge in [-0.05, 0) is 13.0 Å². The van der Waals surface area contributed by atoms with E-state index in [9.17, 15) is 18.5 Å². The van der Waals surface area contributed by atoms with Gasteiger partial charge < -0.3 is 4.74 Å². The average Bonchev–Trinajstić information content (AvgIpc) is 2.29. The number of aryl methyl sites for hydroxylation is 1. The van der Waals surface area contributed by atoms with Gasteiger partial charge >= 0.3 is 0 Å². The molecule has 1 N–H and O–H groups in total. The number of hydrogen-bond acceptors (Lipinski definition) is 5. The molecule has 0 saturated carbocycles. The maximum Gasteiger partial charge on any atom is 0.273 e. The molecule has 0 bridgehead atoms. The van der Waals surface area contributed by atoms with Crippen molar-refractivity contribution in [3.8, 4) is 0 Å². The molecule has 1 aromatic rings. The highest BCUT2D eigenvalue weighted by atomic mass is 32.2. The first kappa shape index (κ1) is 14.6. The third kappa shape index (κ3) is 3.49. The number of ether oxygens (including phenoxy) is 1. The Morgan fingerprint density at radius 2 is 2.11 bits per heavy atom. The number of hydrogen-bond donors (Lipinski definition) is 1. The Morgan fingerprint density at radius 1 is 1.44 bits per heavy atom. The van der Waals surface area contributed by atoms with Crippen molar-refractivity contribution in [2.24, 2.45) is 0 Å². The van der Waals surface area contributed by atoms with E-state index in [1.807, 2.05) is 0 Å². The highest BCUT2D eigenvalue weighted by molar-refractivity contribution is 7.89. The minimum atomic E-state index is -3.74. The summed E-state index contributed by atoms with van der Waals surface area (Å²) in [6.45, 7) is 1.89. The maximum absolute atomic E-state index is 11.8. The molecule has 0 aromatic heterocycles. The molecular weight excluding hydrogens is 260 g/mol. The summed E-state index contributed by atoms with van der Waals surface area (Å²) in [5.74, 6) is 0. The molecule has 0 amide bonds. The topological polar surface area (TPSA) is 98.5 Å². The first-order chi connectivity index (χ1) is 8.38.